The van der Waals surface area contributed by atoms with Crippen molar-refractivity contribution in [2.45, 2.75) is 26.8 Å². The summed E-state index contributed by atoms with van der Waals surface area (Å²) in [6, 6.07) is 10.3. The van der Waals surface area contributed by atoms with Crippen LogP contribution in [0.15, 0.2) is 30.3 Å². The molecule has 120 valence electrons. The number of nitrogens with zero attached hydrogens (tertiary/aromatic N) is 3. The fourth-order valence-electron chi connectivity index (χ4n) is 2.90. The van der Waals surface area contributed by atoms with Crippen molar-refractivity contribution in [3.63, 3.8) is 0 Å². The second-order valence-corrected chi connectivity index (χ2v) is 5.61. The molecule has 1 aromatic carbocycles. The molecule has 2 heterocycles. The van der Waals surface area contributed by atoms with Crippen LogP contribution in [-0.4, -0.2) is 21.9 Å². The number of pyridine rings is 1. The minimum Gasteiger partial charge on any atom is -0.481 e. The van der Waals surface area contributed by atoms with Gasteiger partial charge in [-0.2, -0.15) is 5.10 Å². The molecule has 0 aliphatic carbocycles. The maximum Gasteiger partial charge on any atom is 0.216 e. The molecular formula is C18H22N4O. The molecule has 2 aromatic heterocycles. The van der Waals surface area contributed by atoms with E-state index in [1.807, 2.05) is 25.2 Å². The summed E-state index contributed by atoms with van der Waals surface area (Å²) >= 11 is 0. The topological polar surface area (TPSA) is 52.0 Å². The quantitative estimate of drug-likeness (QED) is 0.784. The van der Waals surface area contributed by atoms with Gasteiger partial charge in [0.2, 0.25) is 5.88 Å². The fraction of sp³-hybridized carbons (Fsp3) is 0.333. The minimum atomic E-state index is 0.645. The summed E-state index contributed by atoms with van der Waals surface area (Å²) < 4.78 is 7.28. The van der Waals surface area contributed by atoms with Crippen molar-refractivity contribution in [1.29, 1.82) is 0 Å². The Bertz CT molecular complexity index is 838. The highest BCUT2D eigenvalue weighted by Crippen LogP contribution is 2.25. The fourth-order valence-corrected chi connectivity index (χ4v) is 2.90. The van der Waals surface area contributed by atoms with Crippen LogP contribution in [0.5, 0.6) is 5.88 Å². The van der Waals surface area contributed by atoms with E-state index in [1.165, 1.54) is 0 Å². The van der Waals surface area contributed by atoms with Crippen LogP contribution in [0, 0.1) is 6.92 Å². The highest BCUT2D eigenvalue weighted by Gasteiger charge is 2.16. The molecule has 0 atom stereocenters. The zero-order chi connectivity index (χ0) is 16.4. The van der Waals surface area contributed by atoms with E-state index >= 15 is 0 Å². The summed E-state index contributed by atoms with van der Waals surface area (Å²) in [5, 5.41) is 9.11. The minimum absolute atomic E-state index is 0.645. The molecule has 5 heteroatoms. The molecule has 0 radical (unpaired) electrons. The molecular weight excluding hydrogens is 288 g/mol. The molecule has 5 nitrogen and oxygen atoms in total. The highest BCUT2D eigenvalue weighted by molar-refractivity contribution is 5.81. The van der Waals surface area contributed by atoms with Crippen LogP contribution in [0.1, 0.15) is 23.7 Å². The summed E-state index contributed by atoms with van der Waals surface area (Å²) in [6.07, 6.45) is 0.873. The molecule has 0 spiro atoms. The number of aryl methyl sites for hydroxylation is 3. The van der Waals surface area contributed by atoms with Crippen molar-refractivity contribution in [2.24, 2.45) is 7.05 Å². The summed E-state index contributed by atoms with van der Waals surface area (Å²) in [6.45, 7) is 4.82. The monoisotopic (exact) mass is 310 g/mol. The van der Waals surface area contributed by atoms with E-state index in [0.29, 0.717) is 6.54 Å². The van der Waals surface area contributed by atoms with E-state index < -0.39 is 0 Å². The molecule has 23 heavy (non-hydrogen) atoms. The van der Waals surface area contributed by atoms with Gasteiger partial charge in [0.25, 0.3) is 0 Å². The lowest BCUT2D eigenvalue weighted by Gasteiger charge is -2.11. The number of hydrogen-bond donors (Lipinski definition) is 1. The zero-order valence-electron chi connectivity index (χ0n) is 14.1. The van der Waals surface area contributed by atoms with E-state index in [1.54, 1.807) is 11.8 Å². The summed E-state index contributed by atoms with van der Waals surface area (Å²) in [5.41, 5.74) is 4.27. The van der Waals surface area contributed by atoms with E-state index in [9.17, 15) is 0 Å². The Morgan fingerprint density at radius 1 is 1.26 bits per heavy atom. The van der Waals surface area contributed by atoms with E-state index in [-0.39, 0.29) is 0 Å². The lowest BCUT2D eigenvalue weighted by Crippen LogP contribution is -2.06. The number of benzene rings is 1. The Labute approximate surface area is 136 Å². The number of aromatic nitrogens is 3. The lowest BCUT2D eigenvalue weighted by atomic mass is 10.1. The first kappa shape index (κ1) is 15.3. The average Bonchev–Trinajstić information content (AvgIpc) is 2.87. The number of nitrogens with one attached hydrogen (secondary N) is 1. The third-order valence-corrected chi connectivity index (χ3v) is 4.05. The molecule has 0 unspecified atom stereocenters. The molecule has 3 aromatic rings. The van der Waals surface area contributed by atoms with Gasteiger partial charge in [0.1, 0.15) is 5.82 Å². The first-order chi connectivity index (χ1) is 11.1. The molecule has 0 fully saturated rings. The van der Waals surface area contributed by atoms with Gasteiger partial charge in [-0.15, -0.1) is 0 Å². The lowest BCUT2D eigenvalue weighted by molar-refractivity contribution is 0.369. The predicted molar refractivity (Wildman–Crippen MR) is 92.9 cm³/mol. The van der Waals surface area contributed by atoms with Crippen LogP contribution >= 0.6 is 0 Å². The highest BCUT2D eigenvalue weighted by atomic mass is 16.5. The third kappa shape index (κ3) is 2.86. The number of rotatable bonds is 5. The van der Waals surface area contributed by atoms with Gasteiger partial charge in [-0.1, -0.05) is 25.1 Å². The SMILES string of the molecule is CCc1nn(C)c(OC)c1CNc1nc2ccccc2cc1C. The van der Waals surface area contributed by atoms with Crippen molar-refractivity contribution in [2.75, 3.05) is 12.4 Å². The van der Waals surface area contributed by atoms with E-state index in [4.69, 9.17) is 9.72 Å². The van der Waals surface area contributed by atoms with Crippen molar-refractivity contribution >= 4 is 16.7 Å². The molecule has 0 aliphatic rings. The molecule has 1 N–H and O–H groups in total. The summed E-state index contributed by atoms with van der Waals surface area (Å²) in [5.74, 6) is 1.70. The van der Waals surface area contributed by atoms with Gasteiger partial charge in [0, 0.05) is 19.0 Å². The number of para-hydroxylation sites is 1. The number of hydrogen-bond acceptors (Lipinski definition) is 4. The molecule has 0 amide bonds. The number of ether oxygens (including phenoxy) is 1. The van der Waals surface area contributed by atoms with Gasteiger partial charge in [0.05, 0.1) is 23.9 Å². The van der Waals surface area contributed by atoms with Gasteiger partial charge in [-0.25, -0.2) is 9.67 Å². The summed E-state index contributed by atoms with van der Waals surface area (Å²) in [4.78, 5) is 4.73. The van der Waals surface area contributed by atoms with Gasteiger partial charge < -0.3 is 10.1 Å². The predicted octanol–water partition coefficient (Wildman–Crippen LogP) is 3.46. The molecule has 0 bridgehead atoms. The zero-order valence-corrected chi connectivity index (χ0v) is 14.1. The largest absolute Gasteiger partial charge is 0.481 e. The Morgan fingerprint density at radius 2 is 2.04 bits per heavy atom. The Hall–Kier alpha value is -2.56. The second kappa shape index (κ2) is 6.28. The maximum absolute atomic E-state index is 5.49. The van der Waals surface area contributed by atoms with Crippen LogP contribution in [0.4, 0.5) is 5.82 Å². The van der Waals surface area contributed by atoms with Gasteiger partial charge in [-0.05, 0) is 31.0 Å². The van der Waals surface area contributed by atoms with E-state index in [2.05, 4.69) is 36.4 Å². The number of fused-ring (bicyclic) bond motifs is 1. The Balaban J connectivity index is 1.90. The van der Waals surface area contributed by atoms with Crippen LogP contribution in [0.2, 0.25) is 0 Å². The van der Waals surface area contributed by atoms with Crippen LogP contribution < -0.4 is 10.1 Å². The smallest absolute Gasteiger partial charge is 0.216 e. The van der Waals surface area contributed by atoms with Crippen molar-refractivity contribution in [3.05, 3.63) is 47.2 Å². The Kier molecular flexibility index (Phi) is 4.19. The molecule has 0 saturated heterocycles. The van der Waals surface area contributed by atoms with Crippen molar-refractivity contribution < 1.29 is 4.74 Å². The van der Waals surface area contributed by atoms with Crippen LogP contribution in [0.25, 0.3) is 10.9 Å². The van der Waals surface area contributed by atoms with Gasteiger partial charge in [-0.3, -0.25) is 0 Å². The van der Waals surface area contributed by atoms with E-state index in [0.717, 1.165) is 45.8 Å². The average molecular weight is 310 g/mol. The van der Waals surface area contributed by atoms with Crippen LogP contribution in [0.3, 0.4) is 0 Å². The molecule has 0 aliphatic heterocycles. The molecule has 3 rings (SSSR count). The second-order valence-electron chi connectivity index (χ2n) is 5.61. The molecule has 0 saturated carbocycles. The normalized spacial score (nSPS) is 11.0. The van der Waals surface area contributed by atoms with Crippen LogP contribution in [-0.2, 0) is 20.0 Å². The third-order valence-electron chi connectivity index (χ3n) is 4.05. The van der Waals surface area contributed by atoms with Gasteiger partial charge in [0.15, 0.2) is 0 Å². The van der Waals surface area contributed by atoms with Crippen molar-refractivity contribution in [1.82, 2.24) is 14.8 Å². The number of anilines is 1. The maximum atomic E-state index is 5.49. The Morgan fingerprint density at radius 3 is 2.78 bits per heavy atom. The van der Waals surface area contributed by atoms with Gasteiger partial charge >= 0.3 is 0 Å². The standard InChI is InChI=1S/C18H22N4O/c1-5-15-14(18(23-4)22(3)21-15)11-19-17-12(2)10-13-8-6-7-9-16(13)20-17/h6-10H,5,11H2,1-4H3,(H,19,20). The first-order valence-corrected chi connectivity index (χ1v) is 7.83. The van der Waals surface area contributed by atoms with Crippen molar-refractivity contribution in [3.8, 4) is 5.88 Å². The summed E-state index contributed by atoms with van der Waals surface area (Å²) in [7, 11) is 3.58. The number of methoxy groups -OCH3 is 1. The first-order valence-electron chi connectivity index (χ1n) is 7.83.